The molecular formula is C14H10BrFN2O. The molecule has 3 rings (SSSR count). The molecule has 0 aliphatic carbocycles. The summed E-state index contributed by atoms with van der Waals surface area (Å²) in [5, 5.41) is 9.85. The van der Waals surface area contributed by atoms with Gasteiger partial charge in [0.05, 0.1) is 16.6 Å². The summed E-state index contributed by atoms with van der Waals surface area (Å²) in [5.74, 6) is 0.0193. The van der Waals surface area contributed by atoms with Crippen LogP contribution in [0.4, 0.5) is 4.39 Å². The molecular weight excluding hydrogens is 311 g/mol. The Morgan fingerprint density at radius 3 is 2.74 bits per heavy atom. The minimum absolute atomic E-state index is 0.113. The minimum Gasteiger partial charge on any atom is -0.507 e. The van der Waals surface area contributed by atoms with Gasteiger partial charge < -0.3 is 9.67 Å². The number of aryl methyl sites for hydroxylation is 1. The SMILES string of the molecule is Cn1c(-c2ccc(F)cc2O)nc2cc(Br)ccc21. The minimum atomic E-state index is -0.470. The van der Waals surface area contributed by atoms with E-state index in [9.17, 15) is 9.50 Å². The zero-order valence-electron chi connectivity index (χ0n) is 10.1. The summed E-state index contributed by atoms with van der Waals surface area (Å²) >= 11 is 3.40. The second kappa shape index (κ2) is 4.35. The Kier molecular flexibility index (Phi) is 2.78. The lowest BCUT2D eigenvalue weighted by molar-refractivity contribution is 0.470. The van der Waals surface area contributed by atoms with Crippen molar-refractivity contribution in [2.45, 2.75) is 0 Å². The van der Waals surface area contributed by atoms with Crippen LogP contribution in [0, 0.1) is 5.82 Å². The first kappa shape index (κ1) is 12.2. The molecule has 0 fully saturated rings. The lowest BCUT2D eigenvalue weighted by atomic mass is 10.2. The summed E-state index contributed by atoms with van der Waals surface area (Å²) in [6, 6.07) is 9.70. The molecule has 3 nitrogen and oxygen atoms in total. The Labute approximate surface area is 117 Å². The Morgan fingerprint density at radius 2 is 2.00 bits per heavy atom. The number of hydrogen-bond donors (Lipinski definition) is 1. The molecule has 0 bridgehead atoms. The van der Waals surface area contributed by atoms with Gasteiger partial charge in [0.1, 0.15) is 17.4 Å². The maximum absolute atomic E-state index is 13.0. The topological polar surface area (TPSA) is 38.0 Å². The molecule has 0 amide bonds. The summed E-state index contributed by atoms with van der Waals surface area (Å²) in [6.07, 6.45) is 0. The molecule has 0 atom stereocenters. The van der Waals surface area contributed by atoms with Crippen LogP contribution in [0.5, 0.6) is 5.75 Å². The second-order valence-corrected chi connectivity index (χ2v) is 5.20. The molecule has 1 heterocycles. The van der Waals surface area contributed by atoms with Crippen molar-refractivity contribution in [2.24, 2.45) is 7.05 Å². The van der Waals surface area contributed by atoms with Crippen molar-refractivity contribution in [2.75, 3.05) is 0 Å². The molecule has 1 N–H and O–H groups in total. The summed E-state index contributed by atoms with van der Waals surface area (Å²) < 4.78 is 15.8. The number of hydrogen-bond acceptors (Lipinski definition) is 2. The number of aromatic hydroxyl groups is 1. The zero-order valence-corrected chi connectivity index (χ0v) is 11.6. The van der Waals surface area contributed by atoms with Gasteiger partial charge in [0, 0.05) is 17.6 Å². The van der Waals surface area contributed by atoms with Crippen LogP contribution in [0.1, 0.15) is 0 Å². The Morgan fingerprint density at radius 1 is 1.21 bits per heavy atom. The third-order valence-corrected chi connectivity index (χ3v) is 3.54. The van der Waals surface area contributed by atoms with Crippen LogP contribution >= 0.6 is 15.9 Å². The second-order valence-electron chi connectivity index (χ2n) is 4.29. The van der Waals surface area contributed by atoms with Crippen molar-refractivity contribution in [1.29, 1.82) is 0 Å². The largest absolute Gasteiger partial charge is 0.507 e. The van der Waals surface area contributed by atoms with Crippen molar-refractivity contribution in [3.05, 3.63) is 46.7 Å². The van der Waals surface area contributed by atoms with E-state index in [2.05, 4.69) is 20.9 Å². The smallest absolute Gasteiger partial charge is 0.144 e. The van der Waals surface area contributed by atoms with Gasteiger partial charge in [0.15, 0.2) is 0 Å². The molecule has 0 aliphatic rings. The molecule has 0 aliphatic heterocycles. The predicted octanol–water partition coefficient (Wildman–Crippen LogP) is 3.85. The lowest BCUT2D eigenvalue weighted by Gasteiger charge is -2.04. The van der Waals surface area contributed by atoms with Crippen LogP contribution < -0.4 is 0 Å². The Balaban J connectivity index is 2.27. The highest BCUT2D eigenvalue weighted by Crippen LogP contribution is 2.31. The number of nitrogens with zero attached hydrogens (tertiary/aromatic N) is 2. The van der Waals surface area contributed by atoms with E-state index in [1.54, 1.807) is 0 Å². The van der Waals surface area contributed by atoms with Crippen molar-refractivity contribution in [3.8, 4) is 17.1 Å². The van der Waals surface area contributed by atoms with Gasteiger partial charge in [0.2, 0.25) is 0 Å². The number of phenols is 1. The van der Waals surface area contributed by atoms with E-state index in [-0.39, 0.29) is 5.75 Å². The van der Waals surface area contributed by atoms with Gasteiger partial charge in [0.25, 0.3) is 0 Å². The molecule has 19 heavy (non-hydrogen) atoms. The van der Waals surface area contributed by atoms with Gasteiger partial charge in [-0.1, -0.05) is 15.9 Å². The molecule has 0 saturated carbocycles. The number of imidazole rings is 1. The summed E-state index contributed by atoms with van der Waals surface area (Å²) in [5.41, 5.74) is 2.27. The number of halogens is 2. The van der Waals surface area contributed by atoms with E-state index in [4.69, 9.17) is 0 Å². The van der Waals surface area contributed by atoms with Crippen LogP contribution in [-0.4, -0.2) is 14.7 Å². The summed E-state index contributed by atoms with van der Waals surface area (Å²) in [7, 11) is 1.86. The van der Waals surface area contributed by atoms with E-state index in [1.165, 1.54) is 12.1 Å². The maximum Gasteiger partial charge on any atom is 0.144 e. The van der Waals surface area contributed by atoms with Gasteiger partial charge in [-0.15, -0.1) is 0 Å². The molecule has 5 heteroatoms. The van der Waals surface area contributed by atoms with E-state index in [0.717, 1.165) is 21.6 Å². The van der Waals surface area contributed by atoms with Crippen molar-refractivity contribution in [3.63, 3.8) is 0 Å². The molecule has 3 aromatic rings. The van der Waals surface area contributed by atoms with Gasteiger partial charge in [-0.25, -0.2) is 9.37 Å². The van der Waals surface area contributed by atoms with Gasteiger partial charge in [-0.05, 0) is 30.3 Å². The number of aromatic nitrogens is 2. The highest BCUT2D eigenvalue weighted by atomic mass is 79.9. The molecule has 0 spiro atoms. The van der Waals surface area contributed by atoms with E-state index in [1.807, 2.05) is 29.8 Å². The first-order chi connectivity index (χ1) is 9.06. The summed E-state index contributed by atoms with van der Waals surface area (Å²) in [4.78, 5) is 4.48. The van der Waals surface area contributed by atoms with Crippen LogP contribution in [0.25, 0.3) is 22.4 Å². The average Bonchev–Trinajstić information content (AvgIpc) is 2.66. The van der Waals surface area contributed by atoms with E-state index < -0.39 is 5.82 Å². The molecule has 0 saturated heterocycles. The van der Waals surface area contributed by atoms with Crippen molar-refractivity contribution < 1.29 is 9.50 Å². The van der Waals surface area contributed by atoms with Crippen LogP contribution in [-0.2, 0) is 7.05 Å². The highest BCUT2D eigenvalue weighted by Gasteiger charge is 2.13. The Bertz CT molecular complexity index is 782. The van der Waals surface area contributed by atoms with Gasteiger partial charge >= 0.3 is 0 Å². The normalized spacial score (nSPS) is 11.1. The number of fused-ring (bicyclic) bond motifs is 1. The number of benzene rings is 2. The molecule has 0 unspecified atom stereocenters. The molecule has 2 aromatic carbocycles. The van der Waals surface area contributed by atoms with Crippen molar-refractivity contribution in [1.82, 2.24) is 9.55 Å². The fraction of sp³-hybridized carbons (Fsp3) is 0.0714. The fourth-order valence-electron chi connectivity index (χ4n) is 2.11. The van der Waals surface area contributed by atoms with Gasteiger partial charge in [-0.2, -0.15) is 0 Å². The van der Waals surface area contributed by atoms with Crippen molar-refractivity contribution >= 4 is 27.0 Å². The molecule has 0 radical (unpaired) electrons. The summed E-state index contributed by atoms with van der Waals surface area (Å²) in [6.45, 7) is 0. The quantitative estimate of drug-likeness (QED) is 0.739. The van der Waals surface area contributed by atoms with Gasteiger partial charge in [-0.3, -0.25) is 0 Å². The number of phenolic OH excluding ortho intramolecular Hbond substituents is 1. The highest BCUT2D eigenvalue weighted by molar-refractivity contribution is 9.10. The lowest BCUT2D eigenvalue weighted by Crippen LogP contribution is -1.93. The maximum atomic E-state index is 13.0. The van der Waals surface area contributed by atoms with Crippen LogP contribution in [0.2, 0.25) is 0 Å². The molecule has 96 valence electrons. The van der Waals surface area contributed by atoms with E-state index >= 15 is 0 Å². The Hall–Kier alpha value is -1.88. The average molecular weight is 321 g/mol. The number of rotatable bonds is 1. The first-order valence-electron chi connectivity index (χ1n) is 5.67. The third-order valence-electron chi connectivity index (χ3n) is 3.04. The monoisotopic (exact) mass is 320 g/mol. The zero-order chi connectivity index (χ0) is 13.6. The van der Waals surface area contributed by atoms with Crippen LogP contribution in [0.15, 0.2) is 40.9 Å². The van der Waals surface area contributed by atoms with Crippen LogP contribution in [0.3, 0.4) is 0 Å². The standard InChI is InChI=1S/C14H10BrFN2O/c1-18-12-5-2-8(15)6-11(12)17-14(18)10-4-3-9(16)7-13(10)19/h2-7,19H,1H3. The third kappa shape index (κ3) is 2.00. The molecule has 1 aromatic heterocycles. The predicted molar refractivity (Wildman–Crippen MR) is 75.5 cm³/mol. The van der Waals surface area contributed by atoms with E-state index in [0.29, 0.717) is 11.4 Å². The first-order valence-corrected chi connectivity index (χ1v) is 6.46. The fourth-order valence-corrected chi connectivity index (χ4v) is 2.46.